The van der Waals surface area contributed by atoms with Crippen molar-refractivity contribution in [1.82, 2.24) is 4.57 Å². The second kappa shape index (κ2) is 7.71. The molecule has 0 radical (unpaired) electrons. The third kappa shape index (κ3) is 2.94. The summed E-state index contributed by atoms with van der Waals surface area (Å²) in [5.41, 5.74) is 8.15. The molecule has 32 heavy (non-hydrogen) atoms. The SMILES string of the molecule is Clc1ccccc1-c1ccccc1-c1cccc2c1c1ccccc1n2-c1ccccc1. The molecule has 5 aromatic carbocycles. The highest BCUT2D eigenvalue weighted by molar-refractivity contribution is 6.33. The molecule has 0 fully saturated rings. The van der Waals surface area contributed by atoms with Crippen LogP contribution in [0.5, 0.6) is 0 Å². The third-order valence-corrected chi connectivity index (χ3v) is 6.42. The van der Waals surface area contributed by atoms with Crippen molar-refractivity contribution in [1.29, 1.82) is 0 Å². The zero-order chi connectivity index (χ0) is 21.5. The van der Waals surface area contributed by atoms with Gasteiger partial charge in [0.15, 0.2) is 0 Å². The largest absolute Gasteiger partial charge is 0.309 e. The summed E-state index contributed by atoms with van der Waals surface area (Å²) in [6.45, 7) is 0. The molecule has 0 saturated heterocycles. The van der Waals surface area contributed by atoms with E-state index in [0.717, 1.165) is 21.8 Å². The van der Waals surface area contributed by atoms with E-state index < -0.39 is 0 Å². The molecule has 1 nitrogen and oxygen atoms in total. The van der Waals surface area contributed by atoms with E-state index in [1.165, 1.54) is 32.9 Å². The van der Waals surface area contributed by atoms with Crippen LogP contribution in [0.3, 0.4) is 0 Å². The average Bonchev–Trinajstić information content (AvgIpc) is 3.20. The molecule has 0 aliphatic heterocycles. The molecule has 1 heterocycles. The van der Waals surface area contributed by atoms with Crippen molar-refractivity contribution in [3.05, 3.63) is 126 Å². The smallest absolute Gasteiger partial charge is 0.0547 e. The van der Waals surface area contributed by atoms with Gasteiger partial charge in [0.2, 0.25) is 0 Å². The van der Waals surface area contributed by atoms with Gasteiger partial charge in [-0.15, -0.1) is 0 Å². The Morgan fingerprint density at radius 2 is 1.00 bits per heavy atom. The maximum absolute atomic E-state index is 6.61. The van der Waals surface area contributed by atoms with E-state index in [1.54, 1.807) is 0 Å². The number of fused-ring (bicyclic) bond motifs is 3. The van der Waals surface area contributed by atoms with Gasteiger partial charge < -0.3 is 4.57 Å². The van der Waals surface area contributed by atoms with Gasteiger partial charge >= 0.3 is 0 Å². The minimum atomic E-state index is 0.763. The Morgan fingerprint density at radius 1 is 0.438 bits per heavy atom. The number of aromatic nitrogens is 1. The standard InChI is InChI=1S/C30H20ClN/c31-27-18-8-6-15-24(27)22-13-4-5-14-23(22)25-17-10-20-29-30(25)26-16-7-9-19-28(26)32(29)21-11-2-1-3-12-21/h1-20H. The fraction of sp³-hybridized carbons (Fsp3) is 0. The lowest BCUT2D eigenvalue weighted by molar-refractivity contribution is 1.18. The van der Waals surface area contributed by atoms with Crippen LogP contribution < -0.4 is 0 Å². The topological polar surface area (TPSA) is 4.93 Å². The summed E-state index contributed by atoms with van der Waals surface area (Å²) in [4.78, 5) is 0. The van der Waals surface area contributed by atoms with E-state index in [4.69, 9.17) is 11.6 Å². The maximum Gasteiger partial charge on any atom is 0.0547 e. The van der Waals surface area contributed by atoms with E-state index in [0.29, 0.717) is 0 Å². The van der Waals surface area contributed by atoms with Gasteiger partial charge in [0, 0.05) is 27.0 Å². The van der Waals surface area contributed by atoms with Crippen LogP contribution in [0, 0.1) is 0 Å². The predicted octanol–water partition coefficient (Wildman–Crippen LogP) is 8.77. The van der Waals surface area contributed by atoms with Crippen LogP contribution in [0.15, 0.2) is 121 Å². The second-order valence-electron chi connectivity index (χ2n) is 7.91. The first kappa shape index (κ1) is 18.9. The number of benzene rings is 5. The monoisotopic (exact) mass is 429 g/mol. The minimum absolute atomic E-state index is 0.763. The van der Waals surface area contributed by atoms with Crippen molar-refractivity contribution < 1.29 is 0 Å². The zero-order valence-electron chi connectivity index (χ0n) is 17.4. The van der Waals surface area contributed by atoms with Crippen molar-refractivity contribution >= 4 is 33.4 Å². The highest BCUT2D eigenvalue weighted by Gasteiger charge is 2.18. The molecular weight excluding hydrogens is 410 g/mol. The molecule has 0 spiro atoms. The molecule has 2 heteroatoms. The molecule has 0 aliphatic carbocycles. The lowest BCUT2D eigenvalue weighted by Gasteiger charge is -2.13. The molecular formula is C30H20ClN. The van der Waals surface area contributed by atoms with Crippen LogP contribution in [0.1, 0.15) is 0 Å². The quantitative estimate of drug-likeness (QED) is 0.265. The highest BCUT2D eigenvalue weighted by Crippen LogP contribution is 2.42. The van der Waals surface area contributed by atoms with E-state index in [1.807, 2.05) is 18.2 Å². The van der Waals surface area contributed by atoms with Gasteiger partial charge in [0.05, 0.1) is 11.0 Å². The number of nitrogens with zero attached hydrogens (tertiary/aromatic N) is 1. The molecule has 152 valence electrons. The van der Waals surface area contributed by atoms with Crippen molar-refractivity contribution in [2.75, 3.05) is 0 Å². The summed E-state index contributed by atoms with van der Waals surface area (Å²) in [6, 6.07) is 42.4. The van der Waals surface area contributed by atoms with Crippen molar-refractivity contribution in [2.24, 2.45) is 0 Å². The van der Waals surface area contributed by atoms with Gasteiger partial charge in [0.25, 0.3) is 0 Å². The van der Waals surface area contributed by atoms with E-state index in [-0.39, 0.29) is 0 Å². The second-order valence-corrected chi connectivity index (χ2v) is 8.32. The Bertz CT molecular complexity index is 1580. The number of rotatable bonds is 3. The summed E-state index contributed by atoms with van der Waals surface area (Å²) < 4.78 is 2.35. The fourth-order valence-electron chi connectivity index (χ4n) is 4.73. The predicted molar refractivity (Wildman–Crippen MR) is 137 cm³/mol. The molecule has 0 N–H and O–H groups in total. The third-order valence-electron chi connectivity index (χ3n) is 6.09. The van der Waals surface area contributed by atoms with Crippen molar-refractivity contribution in [3.8, 4) is 27.9 Å². The summed E-state index contributed by atoms with van der Waals surface area (Å²) in [5.74, 6) is 0. The minimum Gasteiger partial charge on any atom is -0.309 e. The lowest BCUT2D eigenvalue weighted by Crippen LogP contribution is -1.93. The molecule has 6 aromatic rings. The van der Waals surface area contributed by atoms with E-state index in [2.05, 4.69) is 108 Å². The van der Waals surface area contributed by atoms with Gasteiger partial charge in [0.1, 0.15) is 0 Å². The molecule has 1 aromatic heterocycles. The fourth-order valence-corrected chi connectivity index (χ4v) is 4.97. The number of halogens is 1. The van der Waals surface area contributed by atoms with Crippen LogP contribution in [0.4, 0.5) is 0 Å². The van der Waals surface area contributed by atoms with Crippen LogP contribution >= 0.6 is 11.6 Å². The van der Waals surface area contributed by atoms with Crippen LogP contribution in [-0.4, -0.2) is 4.57 Å². The zero-order valence-corrected chi connectivity index (χ0v) is 18.1. The normalized spacial score (nSPS) is 11.3. The molecule has 0 aliphatic rings. The molecule has 0 saturated carbocycles. The summed E-state index contributed by atoms with van der Waals surface area (Å²) in [7, 11) is 0. The van der Waals surface area contributed by atoms with Gasteiger partial charge in [-0.1, -0.05) is 103 Å². The first-order chi connectivity index (χ1) is 15.8. The maximum atomic E-state index is 6.61. The van der Waals surface area contributed by atoms with Crippen molar-refractivity contribution in [3.63, 3.8) is 0 Å². The Morgan fingerprint density at radius 3 is 1.78 bits per heavy atom. The molecule has 0 amide bonds. The average molecular weight is 430 g/mol. The highest BCUT2D eigenvalue weighted by atomic mass is 35.5. The number of hydrogen-bond donors (Lipinski definition) is 0. The molecule has 6 rings (SSSR count). The van der Waals surface area contributed by atoms with E-state index >= 15 is 0 Å². The molecule has 0 bridgehead atoms. The van der Waals surface area contributed by atoms with Gasteiger partial charge in [-0.2, -0.15) is 0 Å². The number of para-hydroxylation sites is 2. The molecule has 0 unspecified atom stereocenters. The van der Waals surface area contributed by atoms with Crippen molar-refractivity contribution in [2.45, 2.75) is 0 Å². The van der Waals surface area contributed by atoms with Crippen LogP contribution in [-0.2, 0) is 0 Å². The van der Waals surface area contributed by atoms with Gasteiger partial charge in [-0.25, -0.2) is 0 Å². The molecule has 0 atom stereocenters. The van der Waals surface area contributed by atoms with Crippen LogP contribution in [0.25, 0.3) is 49.7 Å². The summed E-state index contributed by atoms with van der Waals surface area (Å²) in [5, 5.41) is 3.27. The number of hydrogen-bond acceptors (Lipinski definition) is 0. The summed E-state index contributed by atoms with van der Waals surface area (Å²) >= 11 is 6.61. The lowest BCUT2D eigenvalue weighted by atomic mass is 9.92. The van der Waals surface area contributed by atoms with E-state index in [9.17, 15) is 0 Å². The van der Waals surface area contributed by atoms with Gasteiger partial charge in [-0.05, 0) is 47.0 Å². The Balaban J connectivity index is 1.72. The van der Waals surface area contributed by atoms with Crippen LogP contribution in [0.2, 0.25) is 5.02 Å². The Labute approximate surface area is 192 Å². The first-order valence-corrected chi connectivity index (χ1v) is 11.1. The Hall–Kier alpha value is -3.81. The Kier molecular flexibility index (Phi) is 4.56. The first-order valence-electron chi connectivity index (χ1n) is 10.7. The van der Waals surface area contributed by atoms with Gasteiger partial charge in [-0.3, -0.25) is 0 Å². The summed E-state index contributed by atoms with van der Waals surface area (Å²) in [6.07, 6.45) is 0.